The van der Waals surface area contributed by atoms with Gasteiger partial charge in [-0.15, -0.1) is 0 Å². The highest BCUT2D eigenvalue weighted by molar-refractivity contribution is 6.37. The molecule has 1 aliphatic rings. The SMILES string of the molecule is CNc1cc(OC2CC2)c(Cl)cc1Cl. The molecule has 1 aromatic carbocycles. The zero-order chi connectivity index (χ0) is 10.1. The first kappa shape index (κ1) is 9.94. The summed E-state index contributed by atoms with van der Waals surface area (Å²) in [5.41, 5.74) is 0.840. The Kier molecular flexibility index (Phi) is 2.75. The standard InChI is InChI=1S/C10H11Cl2NO/c1-13-9-5-10(14-6-2-3-6)8(12)4-7(9)11/h4-6,13H,2-3H2,1H3. The number of rotatable bonds is 3. The minimum Gasteiger partial charge on any atom is -0.489 e. The fraction of sp³-hybridized carbons (Fsp3) is 0.400. The van der Waals surface area contributed by atoms with Crippen LogP contribution in [0.5, 0.6) is 5.75 Å². The largest absolute Gasteiger partial charge is 0.489 e. The predicted octanol–water partition coefficient (Wildman–Crippen LogP) is 3.58. The molecule has 0 spiro atoms. The van der Waals surface area contributed by atoms with Crippen molar-refractivity contribution in [3.05, 3.63) is 22.2 Å². The average Bonchev–Trinajstić information content (AvgIpc) is 2.93. The van der Waals surface area contributed by atoms with E-state index in [9.17, 15) is 0 Å². The van der Waals surface area contributed by atoms with Crippen LogP contribution in [0.1, 0.15) is 12.8 Å². The molecule has 0 unspecified atom stereocenters. The van der Waals surface area contributed by atoms with E-state index in [2.05, 4.69) is 5.32 Å². The van der Waals surface area contributed by atoms with Crippen LogP contribution in [0, 0.1) is 0 Å². The van der Waals surface area contributed by atoms with Gasteiger partial charge in [-0.1, -0.05) is 23.2 Å². The number of hydrogen-bond donors (Lipinski definition) is 1. The Labute approximate surface area is 93.2 Å². The van der Waals surface area contributed by atoms with Gasteiger partial charge in [0.2, 0.25) is 0 Å². The molecule has 2 rings (SSSR count). The molecule has 0 radical (unpaired) electrons. The van der Waals surface area contributed by atoms with Gasteiger partial charge in [-0.25, -0.2) is 0 Å². The highest BCUT2D eigenvalue weighted by Crippen LogP contribution is 2.37. The summed E-state index contributed by atoms with van der Waals surface area (Å²) < 4.78 is 5.62. The zero-order valence-corrected chi connectivity index (χ0v) is 9.32. The molecule has 1 aliphatic carbocycles. The molecule has 2 nitrogen and oxygen atoms in total. The van der Waals surface area contributed by atoms with Crippen molar-refractivity contribution in [2.45, 2.75) is 18.9 Å². The van der Waals surface area contributed by atoms with E-state index in [1.807, 2.05) is 13.1 Å². The van der Waals surface area contributed by atoms with Crippen molar-refractivity contribution >= 4 is 28.9 Å². The Morgan fingerprint density at radius 2 is 2.00 bits per heavy atom. The van der Waals surface area contributed by atoms with Crippen molar-refractivity contribution in [3.8, 4) is 5.75 Å². The molecule has 1 aromatic rings. The smallest absolute Gasteiger partial charge is 0.140 e. The van der Waals surface area contributed by atoms with Crippen molar-refractivity contribution in [3.63, 3.8) is 0 Å². The van der Waals surface area contributed by atoms with Gasteiger partial charge < -0.3 is 10.1 Å². The van der Waals surface area contributed by atoms with Gasteiger partial charge in [0.1, 0.15) is 5.75 Å². The third-order valence-electron chi connectivity index (χ3n) is 2.11. The minimum atomic E-state index is 0.346. The van der Waals surface area contributed by atoms with Gasteiger partial charge in [-0.2, -0.15) is 0 Å². The quantitative estimate of drug-likeness (QED) is 0.859. The highest BCUT2D eigenvalue weighted by Gasteiger charge is 2.24. The topological polar surface area (TPSA) is 21.3 Å². The van der Waals surface area contributed by atoms with Crippen LogP contribution in [0.2, 0.25) is 10.0 Å². The second kappa shape index (κ2) is 3.87. The Bertz CT molecular complexity index is 350. The Hall–Kier alpha value is -0.600. The van der Waals surface area contributed by atoms with Crippen molar-refractivity contribution in [1.82, 2.24) is 0 Å². The van der Waals surface area contributed by atoms with Crippen LogP contribution in [0.4, 0.5) is 5.69 Å². The van der Waals surface area contributed by atoms with E-state index in [1.54, 1.807) is 6.07 Å². The summed E-state index contributed by atoms with van der Waals surface area (Å²) in [5.74, 6) is 0.711. The van der Waals surface area contributed by atoms with Gasteiger partial charge in [-0.05, 0) is 18.9 Å². The lowest BCUT2D eigenvalue weighted by Gasteiger charge is -2.10. The molecule has 76 valence electrons. The molecule has 1 N–H and O–H groups in total. The summed E-state index contributed by atoms with van der Waals surface area (Å²) in [6, 6.07) is 3.54. The average molecular weight is 232 g/mol. The first-order valence-electron chi connectivity index (χ1n) is 4.54. The zero-order valence-electron chi connectivity index (χ0n) is 7.81. The van der Waals surface area contributed by atoms with E-state index in [4.69, 9.17) is 27.9 Å². The van der Waals surface area contributed by atoms with Crippen molar-refractivity contribution in [2.75, 3.05) is 12.4 Å². The summed E-state index contributed by atoms with van der Waals surface area (Å²) in [6.07, 6.45) is 2.58. The lowest BCUT2D eigenvalue weighted by molar-refractivity contribution is 0.303. The van der Waals surface area contributed by atoms with Crippen molar-refractivity contribution in [1.29, 1.82) is 0 Å². The van der Waals surface area contributed by atoms with Gasteiger partial charge in [0.15, 0.2) is 0 Å². The number of halogens is 2. The molecule has 14 heavy (non-hydrogen) atoms. The molecule has 0 aliphatic heterocycles. The third-order valence-corrected chi connectivity index (χ3v) is 2.72. The second-order valence-electron chi connectivity index (χ2n) is 3.33. The Balaban J connectivity index is 2.27. The number of benzene rings is 1. The lowest BCUT2D eigenvalue weighted by Crippen LogP contribution is -1.98. The Morgan fingerprint density at radius 3 is 2.57 bits per heavy atom. The number of nitrogens with one attached hydrogen (secondary N) is 1. The number of anilines is 1. The summed E-state index contributed by atoms with van der Waals surface area (Å²) >= 11 is 11.9. The summed E-state index contributed by atoms with van der Waals surface area (Å²) in [7, 11) is 1.82. The first-order chi connectivity index (χ1) is 6.70. The molecule has 0 amide bonds. The number of ether oxygens (including phenoxy) is 1. The summed E-state index contributed by atoms with van der Waals surface area (Å²) in [4.78, 5) is 0. The van der Waals surface area contributed by atoms with E-state index in [1.165, 1.54) is 0 Å². The van der Waals surface area contributed by atoms with E-state index < -0.39 is 0 Å². The third kappa shape index (κ3) is 2.07. The predicted molar refractivity (Wildman–Crippen MR) is 59.7 cm³/mol. The molecule has 0 atom stereocenters. The van der Waals surface area contributed by atoms with Gasteiger partial charge in [0, 0.05) is 13.1 Å². The van der Waals surface area contributed by atoms with E-state index >= 15 is 0 Å². The van der Waals surface area contributed by atoms with Crippen LogP contribution in [0.25, 0.3) is 0 Å². The maximum absolute atomic E-state index is 5.99. The summed E-state index contributed by atoms with van der Waals surface area (Å²) in [5, 5.41) is 4.17. The fourth-order valence-corrected chi connectivity index (χ4v) is 1.70. The van der Waals surface area contributed by atoms with Gasteiger partial charge in [-0.3, -0.25) is 0 Å². The Morgan fingerprint density at radius 1 is 1.29 bits per heavy atom. The van der Waals surface area contributed by atoms with Crippen LogP contribution in [0.15, 0.2) is 12.1 Å². The van der Waals surface area contributed by atoms with E-state index in [0.717, 1.165) is 18.5 Å². The van der Waals surface area contributed by atoms with Gasteiger partial charge in [0.25, 0.3) is 0 Å². The van der Waals surface area contributed by atoms with Crippen LogP contribution in [-0.2, 0) is 0 Å². The molecule has 0 aromatic heterocycles. The molecule has 0 saturated heterocycles. The van der Waals surface area contributed by atoms with Crippen LogP contribution < -0.4 is 10.1 Å². The fourth-order valence-electron chi connectivity index (χ4n) is 1.18. The molecule has 0 heterocycles. The monoisotopic (exact) mass is 231 g/mol. The minimum absolute atomic E-state index is 0.346. The second-order valence-corrected chi connectivity index (χ2v) is 4.14. The molecular formula is C10H11Cl2NO. The molecule has 4 heteroatoms. The maximum Gasteiger partial charge on any atom is 0.140 e. The van der Waals surface area contributed by atoms with Crippen molar-refractivity contribution < 1.29 is 4.74 Å². The van der Waals surface area contributed by atoms with Crippen LogP contribution in [-0.4, -0.2) is 13.2 Å². The normalized spacial score (nSPS) is 15.4. The van der Waals surface area contributed by atoms with E-state index in [-0.39, 0.29) is 0 Å². The number of hydrogen-bond acceptors (Lipinski definition) is 2. The molecule has 1 saturated carbocycles. The first-order valence-corrected chi connectivity index (χ1v) is 5.29. The van der Waals surface area contributed by atoms with E-state index in [0.29, 0.717) is 21.9 Å². The highest BCUT2D eigenvalue weighted by atomic mass is 35.5. The maximum atomic E-state index is 5.99. The molecule has 0 bridgehead atoms. The summed E-state index contributed by atoms with van der Waals surface area (Å²) in [6.45, 7) is 0. The van der Waals surface area contributed by atoms with Crippen LogP contribution in [0.3, 0.4) is 0 Å². The van der Waals surface area contributed by atoms with Gasteiger partial charge in [0.05, 0.1) is 21.8 Å². The van der Waals surface area contributed by atoms with Gasteiger partial charge >= 0.3 is 0 Å². The molecular weight excluding hydrogens is 221 g/mol. The lowest BCUT2D eigenvalue weighted by atomic mass is 10.3. The molecule has 1 fully saturated rings. The van der Waals surface area contributed by atoms with Crippen molar-refractivity contribution in [2.24, 2.45) is 0 Å². The van der Waals surface area contributed by atoms with Crippen LogP contribution >= 0.6 is 23.2 Å².